The van der Waals surface area contributed by atoms with Gasteiger partial charge in [-0.1, -0.05) is 49.1 Å². The van der Waals surface area contributed by atoms with Crippen LogP contribution in [0.25, 0.3) is 6.08 Å². The second kappa shape index (κ2) is 10.2. The highest BCUT2D eigenvalue weighted by molar-refractivity contribution is 8.18. The minimum atomic E-state index is -0.339. The molecule has 0 unspecified atom stereocenters. The molecule has 4 rings (SSSR count). The van der Waals surface area contributed by atoms with E-state index in [4.69, 9.17) is 9.73 Å². The Bertz CT molecular complexity index is 1040. The number of carbonyl (C=O) groups is 2. The average molecular weight is 449 g/mol. The Kier molecular flexibility index (Phi) is 7.10. The van der Waals surface area contributed by atoms with Gasteiger partial charge in [0.1, 0.15) is 0 Å². The fourth-order valence-corrected chi connectivity index (χ4v) is 5.10. The van der Waals surface area contributed by atoms with Crippen LogP contribution >= 0.6 is 11.8 Å². The van der Waals surface area contributed by atoms with Gasteiger partial charge in [0.2, 0.25) is 0 Å². The quantitative estimate of drug-likeness (QED) is 0.409. The summed E-state index contributed by atoms with van der Waals surface area (Å²) in [6.45, 7) is 4.18. The monoisotopic (exact) mass is 448 g/mol. The first-order valence-electron chi connectivity index (χ1n) is 11.2. The Balaban J connectivity index is 1.62. The third-order valence-electron chi connectivity index (χ3n) is 5.76. The van der Waals surface area contributed by atoms with Crippen LogP contribution in [0.5, 0.6) is 0 Å². The van der Waals surface area contributed by atoms with E-state index in [1.807, 2.05) is 54.3 Å². The van der Waals surface area contributed by atoms with Gasteiger partial charge in [-0.2, -0.15) is 0 Å². The smallest absolute Gasteiger partial charge is 0.338 e. The van der Waals surface area contributed by atoms with E-state index in [9.17, 15) is 9.59 Å². The van der Waals surface area contributed by atoms with Gasteiger partial charge in [0.25, 0.3) is 5.91 Å². The average Bonchev–Trinajstić information content (AvgIpc) is 3.11. The second-order valence-corrected chi connectivity index (χ2v) is 9.16. The van der Waals surface area contributed by atoms with E-state index < -0.39 is 0 Å². The molecule has 1 aliphatic carbocycles. The molecular weight excluding hydrogens is 420 g/mol. The number of carbonyl (C=O) groups excluding carboxylic acids is 2. The van der Waals surface area contributed by atoms with Crippen LogP contribution in [0.15, 0.2) is 58.4 Å². The van der Waals surface area contributed by atoms with Crippen molar-refractivity contribution in [3.05, 3.63) is 70.1 Å². The van der Waals surface area contributed by atoms with E-state index in [1.165, 1.54) is 23.7 Å². The number of amides is 1. The summed E-state index contributed by atoms with van der Waals surface area (Å²) in [5.41, 5.74) is 3.41. The van der Waals surface area contributed by atoms with Crippen LogP contribution in [0.1, 0.15) is 60.5 Å². The van der Waals surface area contributed by atoms with Crippen LogP contribution in [0.2, 0.25) is 0 Å². The van der Waals surface area contributed by atoms with Crippen molar-refractivity contribution in [1.29, 1.82) is 0 Å². The van der Waals surface area contributed by atoms with Crippen LogP contribution in [0.4, 0.5) is 5.69 Å². The number of esters is 1. The van der Waals surface area contributed by atoms with Crippen LogP contribution in [-0.2, 0) is 9.53 Å². The molecule has 2 aliphatic rings. The lowest BCUT2D eigenvalue weighted by molar-refractivity contribution is -0.124. The molecule has 32 heavy (non-hydrogen) atoms. The topological polar surface area (TPSA) is 59.0 Å². The van der Waals surface area contributed by atoms with Gasteiger partial charge in [-0.05, 0) is 74.4 Å². The number of thioether (sulfide) groups is 1. The first-order valence-corrected chi connectivity index (χ1v) is 12.0. The number of ether oxygens (including phenoxy) is 1. The maximum absolute atomic E-state index is 13.4. The summed E-state index contributed by atoms with van der Waals surface area (Å²) in [4.78, 5) is 32.7. The van der Waals surface area contributed by atoms with Crippen LogP contribution in [-0.4, -0.2) is 34.6 Å². The van der Waals surface area contributed by atoms with Gasteiger partial charge in [-0.3, -0.25) is 9.69 Å². The summed E-state index contributed by atoms with van der Waals surface area (Å²) in [5.74, 6) is -0.323. The predicted octanol–water partition coefficient (Wildman–Crippen LogP) is 6.11. The van der Waals surface area contributed by atoms with Gasteiger partial charge in [0, 0.05) is 6.04 Å². The van der Waals surface area contributed by atoms with E-state index >= 15 is 0 Å². The largest absolute Gasteiger partial charge is 0.462 e. The van der Waals surface area contributed by atoms with Gasteiger partial charge < -0.3 is 4.74 Å². The molecule has 0 aromatic heterocycles. The van der Waals surface area contributed by atoms with Crippen molar-refractivity contribution in [3.8, 4) is 0 Å². The Morgan fingerprint density at radius 3 is 2.44 bits per heavy atom. The zero-order valence-corrected chi connectivity index (χ0v) is 19.4. The van der Waals surface area contributed by atoms with E-state index in [1.54, 1.807) is 19.1 Å². The van der Waals surface area contributed by atoms with Crippen molar-refractivity contribution in [1.82, 2.24) is 4.90 Å². The molecule has 6 heteroatoms. The van der Waals surface area contributed by atoms with Crippen molar-refractivity contribution in [2.75, 3.05) is 6.61 Å². The maximum Gasteiger partial charge on any atom is 0.338 e. The van der Waals surface area contributed by atoms with Gasteiger partial charge in [0.15, 0.2) is 5.17 Å². The minimum Gasteiger partial charge on any atom is -0.462 e. The van der Waals surface area contributed by atoms with Gasteiger partial charge in [-0.25, -0.2) is 9.79 Å². The van der Waals surface area contributed by atoms with Crippen LogP contribution in [0.3, 0.4) is 0 Å². The third-order valence-corrected chi connectivity index (χ3v) is 6.74. The second-order valence-electron chi connectivity index (χ2n) is 8.15. The normalized spacial score (nSPS) is 19.7. The fraction of sp³-hybridized carbons (Fsp3) is 0.346. The van der Waals surface area contributed by atoms with Gasteiger partial charge in [-0.15, -0.1) is 0 Å². The molecule has 0 N–H and O–H groups in total. The molecule has 0 atom stereocenters. The number of rotatable bonds is 5. The van der Waals surface area contributed by atoms with Crippen LogP contribution in [0, 0.1) is 6.92 Å². The lowest BCUT2D eigenvalue weighted by Gasteiger charge is -2.30. The molecule has 1 heterocycles. The first kappa shape index (κ1) is 22.3. The van der Waals surface area contributed by atoms with E-state index in [2.05, 4.69) is 0 Å². The standard InChI is InChI=1S/C26H28N2O3S/c1-3-31-25(30)20-13-11-19(12-14-20)17-23-24(29)28(22-7-5-4-6-8-22)26(32-23)27-21-15-9-18(2)10-16-21/h9-17,22H,3-8H2,1-2H3/b23-17+,27-26?. The highest BCUT2D eigenvalue weighted by Crippen LogP contribution is 2.38. The molecule has 2 aromatic carbocycles. The Labute approximate surface area is 193 Å². The molecule has 0 spiro atoms. The molecular formula is C26H28N2O3S. The van der Waals surface area contributed by atoms with Crippen molar-refractivity contribution in [2.45, 2.75) is 52.0 Å². The molecule has 2 fully saturated rings. The minimum absolute atomic E-state index is 0.0160. The predicted molar refractivity (Wildman–Crippen MR) is 130 cm³/mol. The lowest BCUT2D eigenvalue weighted by Crippen LogP contribution is -2.40. The zero-order valence-electron chi connectivity index (χ0n) is 18.5. The summed E-state index contributed by atoms with van der Waals surface area (Å²) >= 11 is 1.43. The number of amidine groups is 1. The zero-order chi connectivity index (χ0) is 22.5. The number of hydrogen-bond acceptors (Lipinski definition) is 5. The first-order chi connectivity index (χ1) is 15.5. The summed E-state index contributed by atoms with van der Waals surface area (Å²) in [6.07, 6.45) is 7.43. The Morgan fingerprint density at radius 1 is 1.09 bits per heavy atom. The molecule has 0 bridgehead atoms. The number of benzene rings is 2. The highest BCUT2D eigenvalue weighted by atomic mass is 32.2. The summed E-state index contributed by atoms with van der Waals surface area (Å²) < 4.78 is 5.04. The molecule has 5 nitrogen and oxygen atoms in total. The summed E-state index contributed by atoms with van der Waals surface area (Å²) in [6, 6.07) is 15.4. The molecule has 1 aliphatic heterocycles. The van der Waals surface area contributed by atoms with Crippen molar-refractivity contribution in [2.24, 2.45) is 4.99 Å². The van der Waals surface area contributed by atoms with E-state index in [0.717, 1.165) is 42.1 Å². The maximum atomic E-state index is 13.4. The number of hydrogen-bond donors (Lipinski definition) is 0. The molecule has 1 amide bonds. The van der Waals surface area contributed by atoms with Crippen LogP contribution < -0.4 is 0 Å². The molecule has 1 saturated heterocycles. The SMILES string of the molecule is CCOC(=O)c1ccc(/C=C2/SC(=Nc3ccc(C)cc3)N(C3CCCCC3)C2=O)cc1. The van der Waals surface area contributed by atoms with E-state index in [-0.39, 0.29) is 17.9 Å². The van der Waals surface area contributed by atoms with Gasteiger partial charge in [0.05, 0.1) is 22.8 Å². The van der Waals surface area contributed by atoms with Gasteiger partial charge >= 0.3 is 5.97 Å². The highest BCUT2D eigenvalue weighted by Gasteiger charge is 2.38. The lowest BCUT2D eigenvalue weighted by atomic mass is 9.94. The van der Waals surface area contributed by atoms with E-state index in [0.29, 0.717) is 17.1 Å². The number of nitrogens with zero attached hydrogens (tertiary/aromatic N) is 2. The molecule has 166 valence electrons. The van der Waals surface area contributed by atoms with Crippen molar-refractivity contribution < 1.29 is 14.3 Å². The molecule has 2 aromatic rings. The Hall–Kier alpha value is -2.86. The molecule has 0 radical (unpaired) electrons. The molecule has 1 saturated carbocycles. The number of aliphatic imine (C=N–C) groups is 1. The Morgan fingerprint density at radius 2 is 1.78 bits per heavy atom. The summed E-state index contributed by atoms with van der Waals surface area (Å²) in [7, 11) is 0. The number of aryl methyl sites for hydroxylation is 1. The fourth-order valence-electron chi connectivity index (χ4n) is 4.04. The van der Waals surface area contributed by atoms with Crippen molar-refractivity contribution in [3.63, 3.8) is 0 Å². The summed E-state index contributed by atoms with van der Waals surface area (Å²) in [5, 5.41) is 0.750. The third kappa shape index (κ3) is 5.13. The van der Waals surface area contributed by atoms with Crippen molar-refractivity contribution >= 4 is 40.6 Å².